The van der Waals surface area contributed by atoms with Gasteiger partial charge in [0.2, 0.25) is 5.91 Å². The van der Waals surface area contributed by atoms with E-state index >= 15 is 0 Å². The molecule has 1 rings (SSSR count). The summed E-state index contributed by atoms with van der Waals surface area (Å²) in [7, 11) is 0. The first-order chi connectivity index (χ1) is 9.63. The summed E-state index contributed by atoms with van der Waals surface area (Å²) in [5, 5.41) is 2.76. The van der Waals surface area contributed by atoms with Crippen LogP contribution in [0.3, 0.4) is 0 Å². The maximum Gasteiger partial charge on any atom is 0.250 e. The lowest BCUT2D eigenvalue weighted by Crippen LogP contribution is -2.18. The van der Waals surface area contributed by atoms with E-state index in [-0.39, 0.29) is 12.5 Å². The van der Waals surface area contributed by atoms with Gasteiger partial charge in [0.15, 0.2) is 0 Å². The molecule has 20 heavy (non-hydrogen) atoms. The number of nitrogens with one attached hydrogen (secondary N) is 1. The summed E-state index contributed by atoms with van der Waals surface area (Å²) >= 11 is 4.86. The first-order valence-electron chi connectivity index (χ1n) is 6.91. The molecular weight excluding hydrogens is 272 g/mol. The number of hydrogen-bond acceptors (Lipinski definition) is 3. The molecule has 0 atom stereocenters. The summed E-state index contributed by atoms with van der Waals surface area (Å²) in [6, 6.07) is 7.11. The zero-order chi connectivity index (χ0) is 14.8. The molecule has 5 heteroatoms. The SMILES string of the molecule is CCCCCCOCC(=O)Nc1ccc(C(N)=S)cc1. The van der Waals surface area contributed by atoms with Crippen molar-refractivity contribution in [1.29, 1.82) is 0 Å². The third-order valence-corrected chi connectivity index (χ3v) is 3.06. The van der Waals surface area contributed by atoms with Gasteiger partial charge in [0.1, 0.15) is 11.6 Å². The van der Waals surface area contributed by atoms with Gasteiger partial charge in [-0.05, 0) is 30.7 Å². The average molecular weight is 294 g/mol. The van der Waals surface area contributed by atoms with Gasteiger partial charge in [0.05, 0.1) is 0 Å². The van der Waals surface area contributed by atoms with Gasteiger partial charge in [-0.3, -0.25) is 4.79 Å². The molecule has 4 nitrogen and oxygen atoms in total. The van der Waals surface area contributed by atoms with Gasteiger partial charge in [-0.1, -0.05) is 38.4 Å². The van der Waals surface area contributed by atoms with Crippen molar-refractivity contribution >= 4 is 28.8 Å². The molecule has 0 aliphatic heterocycles. The molecule has 3 N–H and O–H groups in total. The first-order valence-corrected chi connectivity index (χ1v) is 7.31. The number of rotatable bonds is 9. The summed E-state index contributed by atoms with van der Waals surface area (Å²) in [5.41, 5.74) is 7.00. The van der Waals surface area contributed by atoms with E-state index in [1.165, 1.54) is 12.8 Å². The summed E-state index contributed by atoms with van der Waals surface area (Å²) in [5.74, 6) is -0.149. The maximum atomic E-state index is 11.6. The summed E-state index contributed by atoms with van der Waals surface area (Å²) in [6.45, 7) is 2.88. The van der Waals surface area contributed by atoms with E-state index in [0.717, 1.165) is 18.4 Å². The van der Waals surface area contributed by atoms with Crippen LogP contribution < -0.4 is 11.1 Å². The highest BCUT2D eigenvalue weighted by Gasteiger charge is 2.03. The molecule has 0 bridgehead atoms. The van der Waals surface area contributed by atoms with Crippen LogP contribution >= 0.6 is 12.2 Å². The van der Waals surface area contributed by atoms with Crippen LogP contribution in [0, 0.1) is 0 Å². The van der Waals surface area contributed by atoms with Crippen molar-refractivity contribution in [1.82, 2.24) is 0 Å². The van der Waals surface area contributed by atoms with Crippen LogP contribution in [0.5, 0.6) is 0 Å². The van der Waals surface area contributed by atoms with Gasteiger partial charge in [0, 0.05) is 17.9 Å². The van der Waals surface area contributed by atoms with E-state index in [4.69, 9.17) is 22.7 Å². The van der Waals surface area contributed by atoms with Crippen molar-refractivity contribution in [3.05, 3.63) is 29.8 Å². The van der Waals surface area contributed by atoms with E-state index in [2.05, 4.69) is 12.2 Å². The molecule has 0 heterocycles. The van der Waals surface area contributed by atoms with Crippen LogP contribution in [0.25, 0.3) is 0 Å². The lowest BCUT2D eigenvalue weighted by atomic mass is 10.2. The number of unbranched alkanes of at least 4 members (excludes halogenated alkanes) is 3. The van der Waals surface area contributed by atoms with Crippen molar-refractivity contribution in [2.24, 2.45) is 5.73 Å². The highest BCUT2D eigenvalue weighted by atomic mass is 32.1. The largest absolute Gasteiger partial charge is 0.389 e. The first kappa shape index (κ1) is 16.6. The Hall–Kier alpha value is -1.46. The van der Waals surface area contributed by atoms with Crippen LogP contribution in [0.15, 0.2) is 24.3 Å². The van der Waals surface area contributed by atoms with Crippen molar-refractivity contribution < 1.29 is 9.53 Å². The quantitative estimate of drug-likeness (QED) is 0.543. The zero-order valence-electron chi connectivity index (χ0n) is 11.9. The monoisotopic (exact) mass is 294 g/mol. The van der Waals surface area contributed by atoms with Gasteiger partial charge >= 0.3 is 0 Å². The second kappa shape index (κ2) is 9.44. The number of hydrogen-bond donors (Lipinski definition) is 2. The Bertz CT molecular complexity index is 432. The van der Waals surface area contributed by atoms with Gasteiger partial charge in [-0.15, -0.1) is 0 Å². The van der Waals surface area contributed by atoms with Crippen molar-refractivity contribution in [2.45, 2.75) is 32.6 Å². The topological polar surface area (TPSA) is 64.3 Å². The number of ether oxygens (including phenoxy) is 1. The van der Waals surface area contributed by atoms with Gasteiger partial charge in [0.25, 0.3) is 0 Å². The number of nitrogens with two attached hydrogens (primary N) is 1. The Labute approximate surface area is 125 Å². The van der Waals surface area contributed by atoms with E-state index < -0.39 is 0 Å². The molecule has 1 aromatic carbocycles. The van der Waals surface area contributed by atoms with Crippen LogP contribution in [0.2, 0.25) is 0 Å². The number of amides is 1. The Balaban J connectivity index is 2.23. The molecule has 1 aromatic rings. The third-order valence-electron chi connectivity index (χ3n) is 2.83. The predicted octanol–water partition coefficient (Wildman–Crippen LogP) is 2.86. The molecule has 0 radical (unpaired) electrons. The average Bonchev–Trinajstić information content (AvgIpc) is 2.43. The Kier molecular flexibility index (Phi) is 7.84. The number of thiocarbonyl (C=S) groups is 1. The molecule has 0 unspecified atom stereocenters. The lowest BCUT2D eigenvalue weighted by Gasteiger charge is -2.07. The molecule has 0 aliphatic rings. The summed E-state index contributed by atoms with van der Waals surface area (Å²) in [6.07, 6.45) is 4.57. The molecule has 0 aliphatic carbocycles. The fraction of sp³-hybridized carbons (Fsp3) is 0.467. The highest BCUT2D eigenvalue weighted by Crippen LogP contribution is 2.09. The molecule has 110 valence electrons. The van der Waals surface area contributed by atoms with Crippen LogP contribution in [-0.2, 0) is 9.53 Å². The van der Waals surface area contributed by atoms with E-state index in [1.807, 2.05) is 0 Å². The molecule has 0 fully saturated rings. The zero-order valence-corrected chi connectivity index (χ0v) is 12.7. The van der Waals surface area contributed by atoms with E-state index in [9.17, 15) is 4.79 Å². The van der Waals surface area contributed by atoms with Gasteiger partial charge in [-0.2, -0.15) is 0 Å². The van der Waals surface area contributed by atoms with E-state index in [1.54, 1.807) is 24.3 Å². The van der Waals surface area contributed by atoms with Crippen molar-refractivity contribution in [2.75, 3.05) is 18.5 Å². The molecule has 0 aromatic heterocycles. The van der Waals surface area contributed by atoms with Crippen LogP contribution in [0.1, 0.15) is 38.2 Å². The van der Waals surface area contributed by atoms with Crippen LogP contribution in [-0.4, -0.2) is 24.1 Å². The fourth-order valence-corrected chi connectivity index (χ4v) is 1.85. The summed E-state index contributed by atoms with van der Waals surface area (Å²) in [4.78, 5) is 12.0. The molecule has 0 saturated carbocycles. The van der Waals surface area contributed by atoms with Gasteiger partial charge in [-0.25, -0.2) is 0 Å². The fourth-order valence-electron chi connectivity index (χ4n) is 1.71. The Morgan fingerprint density at radius 3 is 2.55 bits per heavy atom. The van der Waals surface area contributed by atoms with Crippen molar-refractivity contribution in [3.8, 4) is 0 Å². The standard InChI is InChI=1S/C15H22N2O2S/c1-2-3-4-5-10-19-11-14(18)17-13-8-6-12(7-9-13)15(16)20/h6-9H,2-5,10-11H2,1H3,(H2,16,20)(H,17,18). The number of carbonyl (C=O) groups is 1. The maximum absolute atomic E-state index is 11.6. The molecular formula is C15H22N2O2S. The second-order valence-corrected chi connectivity index (χ2v) is 5.04. The smallest absolute Gasteiger partial charge is 0.250 e. The Morgan fingerprint density at radius 2 is 1.95 bits per heavy atom. The van der Waals surface area contributed by atoms with E-state index in [0.29, 0.717) is 17.3 Å². The summed E-state index contributed by atoms with van der Waals surface area (Å²) < 4.78 is 5.32. The second-order valence-electron chi connectivity index (χ2n) is 4.60. The molecule has 0 spiro atoms. The number of anilines is 1. The minimum atomic E-state index is -0.149. The molecule has 1 amide bonds. The Morgan fingerprint density at radius 1 is 1.25 bits per heavy atom. The number of carbonyl (C=O) groups excluding carboxylic acids is 1. The minimum absolute atomic E-state index is 0.0865. The minimum Gasteiger partial charge on any atom is -0.389 e. The third kappa shape index (κ3) is 6.63. The number of benzene rings is 1. The van der Waals surface area contributed by atoms with Crippen molar-refractivity contribution in [3.63, 3.8) is 0 Å². The highest BCUT2D eigenvalue weighted by molar-refractivity contribution is 7.80. The normalized spacial score (nSPS) is 10.2. The van der Waals surface area contributed by atoms with Crippen LogP contribution in [0.4, 0.5) is 5.69 Å². The predicted molar refractivity (Wildman–Crippen MR) is 85.9 cm³/mol. The van der Waals surface area contributed by atoms with Gasteiger partial charge < -0.3 is 15.8 Å². The lowest BCUT2D eigenvalue weighted by molar-refractivity contribution is -0.120. The molecule has 0 saturated heterocycles.